The highest BCUT2D eigenvalue weighted by Gasteiger charge is 2.50. The van der Waals surface area contributed by atoms with E-state index in [0.717, 1.165) is 38.5 Å². The Hall–Kier alpha value is -1.72. The maximum atomic E-state index is 11.0. The highest BCUT2D eigenvalue weighted by molar-refractivity contribution is 6.99. The van der Waals surface area contributed by atoms with Crippen molar-refractivity contribution in [1.29, 1.82) is 0 Å². The molecular formula is C30H44O3Si. The molecule has 0 aromatic heterocycles. The third-order valence-electron chi connectivity index (χ3n) is 7.34. The smallest absolute Gasteiger partial charge is 0.261 e. The molecule has 1 N–H and O–H groups in total. The van der Waals surface area contributed by atoms with Crippen LogP contribution < -0.4 is 10.4 Å². The quantitative estimate of drug-likeness (QED) is 0.236. The van der Waals surface area contributed by atoms with Gasteiger partial charge in [0.2, 0.25) is 0 Å². The summed E-state index contributed by atoms with van der Waals surface area (Å²) in [4.78, 5) is 0. The van der Waals surface area contributed by atoms with Gasteiger partial charge in [-0.3, -0.25) is 0 Å². The minimum Gasteiger partial charge on any atom is -0.407 e. The largest absolute Gasteiger partial charge is 0.407 e. The van der Waals surface area contributed by atoms with Crippen LogP contribution in [0.2, 0.25) is 5.04 Å². The summed E-state index contributed by atoms with van der Waals surface area (Å²) >= 11 is 0. The van der Waals surface area contributed by atoms with Crippen molar-refractivity contribution in [2.75, 3.05) is 6.61 Å². The molecule has 0 saturated carbocycles. The molecule has 1 heterocycles. The molecule has 0 amide bonds. The molecular weight excluding hydrogens is 436 g/mol. The van der Waals surface area contributed by atoms with Crippen molar-refractivity contribution < 1.29 is 14.3 Å². The Kier molecular flexibility index (Phi) is 9.33. The van der Waals surface area contributed by atoms with Crippen LogP contribution in [0.25, 0.3) is 0 Å². The molecule has 3 nitrogen and oxygen atoms in total. The van der Waals surface area contributed by atoms with Crippen molar-refractivity contribution in [1.82, 2.24) is 0 Å². The molecule has 3 rings (SSSR count). The summed E-state index contributed by atoms with van der Waals surface area (Å²) in [5, 5.41) is 13.6. The lowest BCUT2D eigenvalue weighted by Gasteiger charge is -2.43. The van der Waals surface area contributed by atoms with E-state index >= 15 is 0 Å². The van der Waals surface area contributed by atoms with Crippen LogP contribution in [0.15, 0.2) is 73.3 Å². The van der Waals surface area contributed by atoms with E-state index in [9.17, 15) is 5.11 Å². The molecule has 0 aliphatic carbocycles. The van der Waals surface area contributed by atoms with Gasteiger partial charge in [0.25, 0.3) is 8.32 Å². The molecule has 0 bridgehead atoms. The van der Waals surface area contributed by atoms with E-state index in [4.69, 9.17) is 9.16 Å². The molecule has 2 aromatic carbocycles. The Labute approximate surface area is 208 Å². The lowest BCUT2D eigenvalue weighted by atomic mass is 9.87. The van der Waals surface area contributed by atoms with Crippen LogP contribution >= 0.6 is 0 Å². The number of aliphatic hydroxyl groups is 1. The standard InChI is InChI=1S/C30H44O3Si/c1-6-7-14-22-30(31)23-21-25(2)28(33-30)20-15-24-32-34(29(3,4)5,26-16-10-8-11-17-26)27-18-12-9-13-19-27/h6,8-13,16-19,25,28,31H,1,7,14-15,20-24H2,2-5H3/t25-,28+,30?/m0/s1. The minimum absolute atomic E-state index is 0.0181. The zero-order chi connectivity index (χ0) is 24.7. The van der Waals surface area contributed by atoms with Gasteiger partial charge in [0.1, 0.15) is 0 Å². The van der Waals surface area contributed by atoms with Crippen molar-refractivity contribution in [3.8, 4) is 0 Å². The Morgan fingerprint density at radius 3 is 2.18 bits per heavy atom. The van der Waals surface area contributed by atoms with E-state index in [0.29, 0.717) is 18.9 Å². The van der Waals surface area contributed by atoms with Crippen LogP contribution in [0.1, 0.15) is 72.6 Å². The number of rotatable bonds is 11. The first-order chi connectivity index (χ1) is 16.2. The molecule has 3 atom stereocenters. The van der Waals surface area contributed by atoms with E-state index in [-0.39, 0.29) is 11.1 Å². The van der Waals surface area contributed by atoms with Crippen molar-refractivity contribution >= 4 is 18.7 Å². The van der Waals surface area contributed by atoms with E-state index in [1.165, 1.54) is 10.4 Å². The molecule has 1 aliphatic rings. The zero-order valence-electron chi connectivity index (χ0n) is 21.6. The zero-order valence-corrected chi connectivity index (χ0v) is 22.6. The first kappa shape index (κ1) is 26.9. The van der Waals surface area contributed by atoms with Crippen LogP contribution in [0, 0.1) is 5.92 Å². The maximum absolute atomic E-state index is 11.0. The van der Waals surface area contributed by atoms with E-state index in [1.807, 2.05) is 6.08 Å². The predicted molar refractivity (Wildman–Crippen MR) is 145 cm³/mol. The summed E-state index contributed by atoms with van der Waals surface area (Å²) in [6.45, 7) is 13.7. The molecule has 1 saturated heterocycles. The first-order valence-electron chi connectivity index (χ1n) is 13.0. The Morgan fingerprint density at radius 1 is 1.06 bits per heavy atom. The van der Waals surface area contributed by atoms with Crippen LogP contribution in [0.3, 0.4) is 0 Å². The fraction of sp³-hybridized carbons (Fsp3) is 0.533. The molecule has 1 aliphatic heterocycles. The average molecular weight is 481 g/mol. The Bertz CT molecular complexity index is 837. The fourth-order valence-corrected chi connectivity index (χ4v) is 10.0. The lowest BCUT2D eigenvalue weighted by molar-refractivity contribution is -0.270. The summed E-state index contributed by atoms with van der Waals surface area (Å²) in [6.07, 6.45) is 8.05. The number of allylic oxidation sites excluding steroid dienone is 1. The van der Waals surface area contributed by atoms with Gasteiger partial charge in [-0.2, -0.15) is 0 Å². The summed E-state index contributed by atoms with van der Waals surface area (Å²) < 4.78 is 13.3. The van der Waals surface area contributed by atoms with Gasteiger partial charge in [-0.1, -0.05) is 94.4 Å². The second-order valence-electron chi connectivity index (χ2n) is 11.0. The number of hydrogen-bond donors (Lipinski definition) is 1. The maximum Gasteiger partial charge on any atom is 0.261 e. The van der Waals surface area contributed by atoms with Crippen molar-refractivity contribution in [3.63, 3.8) is 0 Å². The molecule has 1 fully saturated rings. The van der Waals surface area contributed by atoms with Gasteiger partial charge in [0.15, 0.2) is 5.79 Å². The summed E-state index contributed by atoms with van der Waals surface area (Å²) in [5.74, 6) is -0.536. The lowest BCUT2D eigenvalue weighted by Crippen LogP contribution is -2.66. The van der Waals surface area contributed by atoms with Crippen molar-refractivity contribution in [3.05, 3.63) is 73.3 Å². The topological polar surface area (TPSA) is 38.7 Å². The van der Waals surface area contributed by atoms with E-state index < -0.39 is 14.1 Å². The van der Waals surface area contributed by atoms with Gasteiger partial charge in [-0.05, 0) is 53.4 Å². The monoisotopic (exact) mass is 480 g/mol. The number of benzene rings is 2. The van der Waals surface area contributed by atoms with Crippen molar-refractivity contribution in [2.45, 2.75) is 89.6 Å². The summed E-state index contributed by atoms with van der Waals surface area (Å²) in [7, 11) is -2.50. The Morgan fingerprint density at radius 2 is 1.65 bits per heavy atom. The first-order valence-corrected chi connectivity index (χ1v) is 14.9. The van der Waals surface area contributed by atoms with Gasteiger partial charge in [-0.25, -0.2) is 0 Å². The second kappa shape index (κ2) is 11.8. The third-order valence-corrected chi connectivity index (χ3v) is 12.4. The molecule has 0 radical (unpaired) electrons. The minimum atomic E-state index is -2.50. The Balaban J connectivity index is 1.72. The number of hydrogen-bond acceptors (Lipinski definition) is 3. The fourth-order valence-electron chi connectivity index (χ4n) is 5.42. The third kappa shape index (κ3) is 6.28. The van der Waals surface area contributed by atoms with E-state index in [2.05, 4.69) is 94.9 Å². The van der Waals surface area contributed by atoms with Crippen LogP contribution in [0.4, 0.5) is 0 Å². The number of unbranched alkanes of at least 4 members (excludes halogenated alkanes) is 1. The van der Waals surface area contributed by atoms with Crippen LogP contribution in [0.5, 0.6) is 0 Å². The molecule has 4 heteroatoms. The van der Waals surface area contributed by atoms with Gasteiger partial charge < -0.3 is 14.3 Å². The van der Waals surface area contributed by atoms with Crippen LogP contribution in [-0.4, -0.2) is 31.9 Å². The van der Waals surface area contributed by atoms with Crippen LogP contribution in [-0.2, 0) is 9.16 Å². The molecule has 0 spiro atoms. The summed E-state index contributed by atoms with van der Waals surface area (Å²) in [5.41, 5.74) is 0. The van der Waals surface area contributed by atoms with Gasteiger partial charge >= 0.3 is 0 Å². The van der Waals surface area contributed by atoms with Crippen molar-refractivity contribution in [2.24, 2.45) is 5.92 Å². The molecule has 186 valence electrons. The highest BCUT2D eigenvalue weighted by Crippen LogP contribution is 2.38. The second-order valence-corrected chi connectivity index (χ2v) is 15.3. The molecule has 34 heavy (non-hydrogen) atoms. The molecule has 1 unspecified atom stereocenters. The van der Waals surface area contributed by atoms with Gasteiger partial charge in [-0.15, -0.1) is 6.58 Å². The van der Waals surface area contributed by atoms with Gasteiger partial charge in [0.05, 0.1) is 6.10 Å². The highest BCUT2D eigenvalue weighted by atomic mass is 28.4. The normalized spacial score (nSPS) is 23.6. The molecule has 2 aromatic rings. The summed E-state index contributed by atoms with van der Waals surface area (Å²) in [6, 6.07) is 21.6. The predicted octanol–water partition coefficient (Wildman–Crippen LogP) is 6.20. The number of ether oxygens (including phenoxy) is 1. The van der Waals surface area contributed by atoms with E-state index in [1.54, 1.807) is 0 Å². The van der Waals surface area contributed by atoms with Gasteiger partial charge in [0, 0.05) is 19.4 Å². The SMILES string of the molecule is C=CCCCC1(O)CC[C@H](C)[C@@H](CCCO[Si](c2ccccc2)(c2ccccc2)C(C)(C)C)O1. The average Bonchev–Trinajstić information content (AvgIpc) is 2.82.